The number of aliphatic imine (C=N–C) groups is 1. The van der Waals surface area contributed by atoms with Crippen molar-refractivity contribution in [3.8, 4) is 11.1 Å². The van der Waals surface area contributed by atoms with E-state index in [1.807, 2.05) is 66.7 Å². The number of aryl methyl sites for hydroxylation is 1. The van der Waals surface area contributed by atoms with Crippen LogP contribution in [0.15, 0.2) is 108 Å². The van der Waals surface area contributed by atoms with Crippen LogP contribution >= 0.6 is 0 Å². The minimum absolute atomic E-state index is 0.283. The third-order valence-electron chi connectivity index (χ3n) is 9.53. The maximum atomic E-state index is 14.7. The maximum Gasteiger partial charge on any atom is 0.272 e. The predicted octanol–water partition coefficient (Wildman–Crippen LogP) is 7.20. The van der Waals surface area contributed by atoms with Crippen molar-refractivity contribution in [1.29, 1.82) is 0 Å². The van der Waals surface area contributed by atoms with Crippen LogP contribution in [0.2, 0.25) is 0 Å². The molecule has 2 aliphatic rings. The van der Waals surface area contributed by atoms with Gasteiger partial charge in [-0.2, -0.15) is 0 Å². The average molecular weight is 641 g/mol. The van der Waals surface area contributed by atoms with Crippen LogP contribution in [-0.4, -0.2) is 29.6 Å². The van der Waals surface area contributed by atoms with Gasteiger partial charge in [0.15, 0.2) is 0 Å². The van der Waals surface area contributed by atoms with E-state index in [0.29, 0.717) is 24.5 Å². The number of benzene rings is 4. The molecule has 1 saturated carbocycles. The Morgan fingerprint density at radius 1 is 0.875 bits per heavy atom. The summed E-state index contributed by atoms with van der Waals surface area (Å²) >= 11 is 0. The molecule has 1 aliphatic carbocycles. The average Bonchev–Trinajstić information content (AvgIpc) is 3.94. The topological polar surface area (TPSA) is 105 Å². The molecular weight excluding hydrogens is 596 g/mol. The first-order chi connectivity index (χ1) is 23.3. The summed E-state index contributed by atoms with van der Waals surface area (Å²) < 4.78 is 0. The summed E-state index contributed by atoms with van der Waals surface area (Å²) in [6, 6.07) is 34.1. The highest BCUT2D eigenvalue weighted by Gasteiger charge is 2.40. The Morgan fingerprint density at radius 2 is 1.58 bits per heavy atom. The number of carbonyl (C=O) groups excluding carboxylic acids is 3. The predicted molar refractivity (Wildman–Crippen MR) is 191 cm³/mol. The number of hydrogen-bond acceptors (Lipinski definition) is 4. The van der Waals surface area contributed by atoms with Crippen molar-refractivity contribution in [2.75, 3.05) is 4.90 Å². The number of primary amides is 1. The molecule has 0 spiro atoms. The molecule has 0 saturated heterocycles. The summed E-state index contributed by atoms with van der Waals surface area (Å²) in [7, 11) is 0. The highest BCUT2D eigenvalue weighted by Crippen LogP contribution is 2.39. The van der Waals surface area contributed by atoms with Crippen LogP contribution in [0, 0.1) is 24.7 Å². The molecular formula is C41H44N4O3. The second-order valence-electron chi connectivity index (χ2n) is 13.2. The number of rotatable bonds is 13. The van der Waals surface area contributed by atoms with Gasteiger partial charge in [0.25, 0.3) is 5.91 Å². The minimum atomic E-state index is -1.19. The van der Waals surface area contributed by atoms with Gasteiger partial charge in [-0.3, -0.25) is 14.4 Å². The number of unbranched alkanes of at least 4 members (excludes halogenated alkanes) is 1. The van der Waals surface area contributed by atoms with Crippen LogP contribution in [0.4, 0.5) is 5.69 Å². The van der Waals surface area contributed by atoms with Crippen molar-refractivity contribution in [1.82, 2.24) is 5.32 Å². The maximum absolute atomic E-state index is 14.7. The van der Waals surface area contributed by atoms with E-state index in [0.717, 1.165) is 59.2 Å². The van der Waals surface area contributed by atoms with Gasteiger partial charge < -0.3 is 16.0 Å². The SMILES string of the molecule is CCCC[C@H](C(N)=O)[C@@H](CC1CC1)C(=O)NC1N=C(c2ccccc2)c2ccccc2N(Cc2cccc(-c3ccc(C)cc3)c2)C1=O. The van der Waals surface area contributed by atoms with Crippen LogP contribution < -0.4 is 16.0 Å². The number of nitrogens with one attached hydrogen (secondary N) is 1. The minimum Gasteiger partial charge on any atom is -0.369 e. The standard InChI is InChI=1S/C41H44N4O3/c1-3-4-15-33(38(42)46)35(25-28-20-21-28)40(47)44-39-41(48)45(26-29-11-10-14-32(24-29)30-22-18-27(2)19-23-30)36-17-9-8-16-34(36)37(43-39)31-12-6-5-7-13-31/h5-14,16-19,22-24,28,33,35,39H,3-4,15,20-21,25-26H2,1-2H3,(H2,42,46)(H,44,47)/t33-,35+,39?/m0/s1. The number of anilines is 1. The van der Waals surface area contributed by atoms with Crippen LogP contribution in [0.5, 0.6) is 0 Å². The first-order valence-corrected chi connectivity index (χ1v) is 17.1. The normalized spacial score (nSPS) is 17.1. The largest absolute Gasteiger partial charge is 0.369 e. The number of hydrogen-bond donors (Lipinski definition) is 2. The molecule has 246 valence electrons. The Bertz CT molecular complexity index is 1800. The molecule has 7 heteroatoms. The molecule has 6 rings (SSSR count). The zero-order chi connectivity index (χ0) is 33.6. The van der Waals surface area contributed by atoms with Crippen LogP contribution in [0.3, 0.4) is 0 Å². The molecule has 1 fully saturated rings. The molecule has 7 nitrogen and oxygen atoms in total. The molecule has 1 heterocycles. The van der Waals surface area contributed by atoms with Gasteiger partial charge >= 0.3 is 0 Å². The first-order valence-electron chi connectivity index (χ1n) is 17.1. The quantitative estimate of drug-likeness (QED) is 0.162. The number of benzodiazepines with no additional fused rings is 1. The highest BCUT2D eigenvalue weighted by molar-refractivity contribution is 6.20. The van der Waals surface area contributed by atoms with Gasteiger partial charge in [0.05, 0.1) is 17.9 Å². The molecule has 0 radical (unpaired) electrons. The van der Waals surface area contributed by atoms with E-state index < -0.39 is 23.9 Å². The summed E-state index contributed by atoms with van der Waals surface area (Å²) in [5, 5.41) is 3.02. The van der Waals surface area contributed by atoms with E-state index in [1.165, 1.54) is 5.56 Å². The fourth-order valence-corrected chi connectivity index (χ4v) is 6.66. The summed E-state index contributed by atoms with van der Waals surface area (Å²) in [4.78, 5) is 48.3. The lowest BCUT2D eigenvalue weighted by molar-refractivity contribution is -0.135. The Morgan fingerprint density at radius 3 is 2.29 bits per heavy atom. The number of nitrogens with zero attached hydrogens (tertiary/aromatic N) is 2. The van der Waals surface area contributed by atoms with Crippen molar-refractivity contribution < 1.29 is 14.4 Å². The summed E-state index contributed by atoms with van der Waals surface area (Å²) in [5.74, 6) is -1.97. The number of amides is 3. The molecule has 1 unspecified atom stereocenters. The Labute approximate surface area is 283 Å². The Hall–Kier alpha value is -5.04. The molecule has 4 aromatic rings. The molecule has 3 amide bonds. The van der Waals surface area contributed by atoms with Gasteiger partial charge in [-0.15, -0.1) is 0 Å². The summed E-state index contributed by atoms with van der Waals surface area (Å²) in [5.41, 5.74) is 13.2. The van der Waals surface area contributed by atoms with E-state index in [2.05, 4.69) is 55.6 Å². The Kier molecular flexibility index (Phi) is 10.1. The fourth-order valence-electron chi connectivity index (χ4n) is 6.66. The van der Waals surface area contributed by atoms with Crippen LogP contribution in [0.25, 0.3) is 11.1 Å². The van der Waals surface area contributed by atoms with Gasteiger partial charge in [-0.1, -0.05) is 129 Å². The second-order valence-corrected chi connectivity index (χ2v) is 13.2. The molecule has 3 atom stereocenters. The fraction of sp³-hybridized carbons (Fsp3) is 0.317. The molecule has 4 aromatic carbocycles. The van der Waals surface area contributed by atoms with E-state index in [-0.39, 0.29) is 18.4 Å². The third-order valence-corrected chi connectivity index (χ3v) is 9.53. The zero-order valence-electron chi connectivity index (χ0n) is 27.8. The van der Waals surface area contributed by atoms with Gasteiger partial charge in [0, 0.05) is 23.0 Å². The van der Waals surface area contributed by atoms with Crippen LogP contribution in [0.1, 0.15) is 67.7 Å². The lowest BCUT2D eigenvalue weighted by Crippen LogP contribution is -2.50. The number of carbonyl (C=O) groups is 3. The number of fused-ring (bicyclic) bond motifs is 1. The van der Waals surface area contributed by atoms with Crippen molar-refractivity contribution >= 4 is 29.1 Å². The van der Waals surface area contributed by atoms with Gasteiger partial charge in [0.1, 0.15) is 0 Å². The van der Waals surface area contributed by atoms with Crippen LogP contribution in [-0.2, 0) is 20.9 Å². The van der Waals surface area contributed by atoms with Gasteiger partial charge in [0.2, 0.25) is 18.0 Å². The van der Waals surface area contributed by atoms with Gasteiger partial charge in [-0.25, -0.2) is 4.99 Å². The van der Waals surface area contributed by atoms with E-state index in [9.17, 15) is 14.4 Å². The zero-order valence-corrected chi connectivity index (χ0v) is 27.8. The highest BCUT2D eigenvalue weighted by atomic mass is 16.2. The molecule has 48 heavy (non-hydrogen) atoms. The van der Waals surface area contributed by atoms with Crippen molar-refractivity contribution in [3.63, 3.8) is 0 Å². The van der Waals surface area contributed by atoms with Crippen molar-refractivity contribution in [3.05, 3.63) is 125 Å². The third kappa shape index (κ3) is 7.57. The summed E-state index contributed by atoms with van der Waals surface area (Å²) in [6.07, 6.45) is 3.69. The lowest BCUT2D eigenvalue weighted by Gasteiger charge is -2.28. The van der Waals surface area contributed by atoms with Crippen molar-refractivity contribution in [2.24, 2.45) is 28.5 Å². The lowest BCUT2D eigenvalue weighted by atomic mass is 9.83. The van der Waals surface area contributed by atoms with E-state index >= 15 is 0 Å². The molecule has 1 aliphatic heterocycles. The summed E-state index contributed by atoms with van der Waals surface area (Å²) in [6.45, 7) is 4.41. The smallest absolute Gasteiger partial charge is 0.272 e. The Balaban J connectivity index is 1.38. The van der Waals surface area contributed by atoms with E-state index in [1.54, 1.807) is 4.90 Å². The number of nitrogens with two attached hydrogens (primary N) is 1. The number of para-hydroxylation sites is 1. The molecule has 0 bridgehead atoms. The molecule has 0 aromatic heterocycles. The van der Waals surface area contributed by atoms with Crippen molar-refractivity contribution in [2.45, 2.75) is 65.1 Å². The van der Waals surface area contributed by atoms with E-state index in [4.69, 9.17) is 10.7 Å². The second kappa shape index (κ2) is 14.8. The monoisotopic (exact) mass is 640 g/mol. The first kappa shape index (κ1) is 32.9. The van der Waals surface area contributed by atoms with Gasteiger partial charge in [-0.05, 0) is 54.5 Å². The molecule has 3 N–H and O–H groups in total.